The van der Waals surface area contributed by atoms with Crippen molar-refractivity contribution in [1.29, 1.82) is 0 Å². The fourth-order valence-corrected chi connectivity index (χ4v) is 1.57. The summed E-state index contributed by atoms with van der Waals surface area (Å²) in [6.45, 7) is 12.7. The van der Waals surface area contributed by atoms with Gasteiger partial charge in [0.05, 0.1) is 0 Å². The highest BCUT2D eigenvalue weighted by molar-refractivity contribution is 5.67. The van der Waals surface area contributed by atoms with Crippen LogP contribution in [-0.4, -0.2) is 43.3 Å². The quantitative estimate of drug-likeness (QED) is 0.730. The topological polar surface area (TPSA) is 41.6 Å². The zero-order chi connectivity index (χ0) is 13.5. The summed E-state index contributed by atoms with van der Waals surface area (Å²) >= 11 is 0. The van der Waals surface area contributed by atoms with Gasteiger partial charge in [-0.15, -0.1) is 0 Å². The Morgan fingerprint density at radius 2 is 1.94 bits per heavy atom. The molecule has 0 saturated carbocycles. The maximum absolute atomic E-state index is 11.3. The zero-order valence-electron chi connectivity index (χ0n) is 12.2. The fraction of sp³-hybridized carbons (Fsp3) is 0.923. The number of ether oxygens (including phenoxy) is 1. The number of alkyl carbamates (subject to hydrolysis) is 1. The summed E-state index contributed by atoms with van der Waals surface area (Å²) in [7, 11) is 2.10. The van der Waals surface area contributed by atoms with E-state index in [1.54, 1.807) is 0 Å². The summed E-state index contributed by atoms with van der Waals surface area (Å²) in [5, 5.41) is 2.76. The molecule has 17 heavy (non-hydrogen) atoms. The zero-order valence-corrected chi connectivity index (χ0v) is 12.2. The highest BCUT2D eigenvalue weighted by Gasteiger charge is 2.15. The Morgan fingerprint density at radius 1 is 1.35 bits per heavy atom. The number of nitrogens with zero attached hydrogens (tertiary/aromatic N) is 1. The van der Waals surface area contributed by atoms with Crippen molar-refractivity contribution < 1.29 is 9.53 Å². The van der Waals surface area contributed by atoms with Crippen molar-refractivity contribution in [3.05, 3.63) is 0 Å². The fourth-order valence-electron chi connectivity index (χ4n) is 1.57. The van der Waals surface area contributed by atoms with Gasteiger partial charge in [0, 0.05) is 13.1 Å². The van der Waals surface area contributed by atoms with Crippen LogP contribution in [0.1, 0.15) is 41.0 Å². The Hall–Kier alpha value is -0.770. The van der Waals surface area contributed by atoms with Gasteiger partial charge in [-0.05, 0) is 46.7 Å². The molecule has 1 amide bonds. The van der Waals surface area contributed by atoms with Crippen LogP contribution < -0.4 is 5.32 Å². The first-order chi connectivity index (χ1) is 7.70. The van der Waals surface area contributed by atoms with Gasteiger partial charge in [-0.1, -0.05) is 13.8 Å². The van der Waals surface area contributed by atoms with E-state index >= 15 is 0 Å². The van der Waals surface area contributed by atoms with Crippen LogP contribution >= 0.6 is 0 Å². The van der Waals surface area contributed by atoms with Crippen molar-refractivity contribution in [2.24, 2.45) is 5.92 Å². The minimum Gasteiger partial charge on any atom is -0.444 e. The molecule has 4 heteroatoms. The molecule has 0 aliphatic carbocycles. The SMILES string of the molecule is CC(C)CN(C)CCCNC(=O)OC(C)(C)C. The summed E-state index contributed by atoms with van der Waals surface area (Å²) < 4.78 is 5.15. The Kier molecular flexibility index (Phi) is 7.19. The normalized spacial score (nSPS) is 12.0. The van der Waals surface area contributed by atoms with Crippen molar-refractivity contribution in [3.63, 3.8) is 0 Å². The molecule has 1 N–H and O–H groups in total. The Morgan fingerprint density at radius 3 is 2.41 bits per heavy atom. The lowest BCUT2D eigenvalue weighted by atomic mass is 10.2. The molecule has 0 aliphatic heterocycles. The molecular formula is C13H28N2O2. The highest BCUT2D eigenvalue weighted by Crippen LogP contribution is 2.06. The van der Waals surface area contributed by atoms with Crippen LogP contribution in [0.4, 0.5) is 4.79 Å². The van der Waals surface area contributed by atoms with Crippen LogP contribution in [0.3, 0.4) is 0 Å². The number of hydrogen-bond acceptors (Lipinski definition) is 3. The van der Waals surface area contributed by atoms with Crippen molar-refractivity contribution >= 4 is 6.09 Å². The highest BCUT2D eigenvalue weighted by atomic mass is 16.6. The van der Waals surface area contributed by atoms with Crippen LogP contribution in [0, 0.1) is 5.92 Å². The second kappa shape index (κ2) is 7.54. The number of rotatable bonds is 6. The van der Waals surface area contributed by atoms with E-state index in [0.29, 0.717) is 12.5 Å². The molecule has 0 fully saturated rings. The monoisotopic (exact) mass is 244 g/mol. The first-order valence-electron chi connectivity index (χ1n) is 6.36. The summed E-state index contributed by atoms with van der Waals surface area (Å²) in [4.78, 5) is 13.6. The van der Waals surface area contributed by atoms with Crippen LogP contribution in [-0.2, 0) is 4.74 Å². The summed E-state index contributed by atoms with van der Waals surface area (Å²) in [6.07, 6.45) is 0.617. The van der Waals surface area contributed by atoms with E-state index in [0.717, 1.165) is 19.5 Å². The number of carbonyl (C=O) groups excluding carboxylic acids is 1. The second-order valence-corrected chi connectivity index (χ2v) is 5.94. The Bertz CT molecular complexity index is 222. The van der Waals surface area contributed by atoms with E-state index in [1.807, 2.05) is 20.8 Å². The molecule has 0 rings (SSSR count). The second-order valence-electron chi connectivity index (χ2n) is 5.94. The molecule has 0 spiro atoms. The maximum Gasteiger partial charge on any atom is 0.407 e. The van der Waals surface area contributed by atoms with Gasteiger partial charge in [-0.2, -0.15) is 0 Å². The third-order valence-electron chi connectivity index (χ3n) is 2.06. The maximum atomic E-state index is 11.3. The van der Waals surface area contributed by atoms with Gasteiger partial charge in [0.1, 0.15) is 5.60 Å². The molecule has 0 aliphatic rings. The Labute approximate surface area is 106 Å². The molecule has 102 valence electrons. The van der Waals surface area contributed by atoms with Gasteiger partial charge >= 0.3 is 6.09 Å². The summed E-state index contributed by atoms with van der Waals surface area (Å²) in [5.41, 5.74) is -0.418. The van der Waals surface area contributed by atoms with Gasteiger partial charge in [0.2, 0.25) is 0 Å². The third-order valence-corrected chi connectivity index (χ3v) is 2.06. The van der Waals surface area contributed by atoms with Crippen molar-refractivity contribution in [2.75, 3.05) is 26.7 Å². The van der Waals surface area contributed by atoms with Crippen LogP contribution in [0.2, 0.25) is 0 Å². The van der Waals surface area contributed by atoms with E-state index in [9.17, 15) is 4.79 Å². The predicted molar refractivity (Wildman–Crippen MR) is 71.2 cm³/mol. The molecule has 0 bridgehead atoms. The number of carbonyl (C=O) groups is 1. The van der Waals surface area contributed by atoms with E-state index < -0.39 is 5.60 Å². The van der Waals surface area contributed by atoms with Gasteiger partial charge in [0.25, 0.3) is 0 Å². The number of hydrogen-bond donors (Lipinski definition) is 1. The molecular weight excluding hydrogens is 216 g/mol. The van der Waals surface area contributed by atoms with Gasteiger partial charge in [0.15, 0.2) is 0 Å². The van der Waals surface area contributed by atoms with Crippen LogP contribution in [0.15, 0.2) is 0 Å². The van der Waals surface area contributed by atoms with Crippen molar-refractivity contribution in [1.82, 2.24) is 10.2 Å². The standard InChI is InChI=1S/C13H28N2O2/c1-11(2)10-15(6)9-7-8-14-12(16)17-13(3,4)5/h11H,7-10H2,1-6H3,(H,14,16). The predicted octanol–water partition coefficient (Wildman–Crippen LogP) is 2.49. The summed E-state index contributed by atoms with van der Waals surface area (Å²) in [6, 6.07) is 0. The lowest BCUT2D eigenvalue weighted by Crippen LogP contribution is -2.34. The molecule has 0 unspecified atom stereocenters. The van der Waals surface area contributed by atoms with E-state index in [1.165, 1.54) is 0 Å². The largest absolute Gasteiger partial charge is 0.444 e. The molecule has 0 radical (unpaired) electrons. The number of nitrogens with one attached hydrogen (secondary N) is 1. The molecule has 0 saturated heterocycles. The van der Waals surface area contributed by atoms with Gasteiger partial charge in [-0.3, -0.25) is 0 Å². The van der Waals surface area contributed by atoms with Crippen LogP contribution in [0.25, 0.3) is 0 Å². The Balaban J connectivity index is 3.55. The lowest BCUT2D eigenvalue weighted by Gasteiger charge is -2.21. The molecule has 0 atom stereocenters. The van der Waals surface area contributed by atoms with Crippen molar-refractivity contribution in [3.8, 4) is 0 Å². The first kappa shape index (κ1) is 16.2. The first-order valence-corrected chi connectivity index (χ1v) is 6.36. The van der Waals surface area contributed by atoms with E-state index in [-0.39, 0.29) is 6.09 Å². The van der Waals surface area contributed by atoms with Gasteiger partial charge in [-0.25, -0.2) is 4.79 Å². The minimum atomic E-state index is -0.418. The molecule has 0 aromatic heterocycles. The molecule has 0 aromatic rings. The average molecular weight is 244 g/mol. The minimum absolute atomic E-state index is 0.330. The van der Waals surface area contributed by atoms with E-state index in [4.69, 9.17) is 4.74 Å². The molecule has 4 nitrogen and oxygen atoms in total. The van der Waals surface area contributed by atoms with Gasteiger partial charge < -0.3 is 15.0 Å². The lowest BCUT2D eigenvalue weighted by molar-refractivity contribution is 0.0526. The molecule has 0 aromatic carbocycles. The van der Waals surface area contributed by atoms with E-state index in [2.05, 4.69) is 31.1 Å². The van der Waals surface area contributed by atoms with Crippen molar-refractivity contribution in [2.45, 2.75) is 46.6 Å². The smallest absolute Gasteiger partial charge is 0.407 e. The number of amides is 1. The third kappa shape index (κ3) is 11.5. The molecule has 0 heterocycles. The summed E-state index contributed by atoms with van der Waals surface area (Å²) in [5.74, 6) is 0.679. The van der Waals surface area contributed by atoms with Crippen LogP contribution in [0.5, 0.6) is 0 Å². The average Bonchev–Trinajstić information content (AvgIpc) is 2.08.